The molecule has 1 fully saturated rings. The first-order chi connectivity index (χ1) is 8.54. The van der Waals surface area contributed by atoms with Crippen LogP contribution in [0.2, 0.25) is 0 Å². The van der Waals surface area contributed by atoms with Crippen LogP contribution >= 0.6 is 0 Å². The molecule has 1 N–H and O–H groups in total. The predicted molar refractivity (Wildman–Crippen MR) is 64.2 cm³/mol. The monoisotopic (exact) mass is 249 g/mol. The number of methoxy groups -OCH3 is 1. The summed E-state index contributed by atoms with van der Waals surface area (Å²) in [7, 11) is 3.21. The van der Waals surface area contributed by atoms with Gasteiger partial charge in [0.15, 0.2) is 0 Å². The zero-order chi connectivity index (χ0) is 13.3. The molecule has 1 aromatic carbocycles. The highest BCUT2D eigenvalue weighted by Crippen LogP contribution is 2.37. The summed E-state index contributed by atoms with van der Waals surface area (Å²) in [5.41, 5.74) is 0.816. The minimum Gasteiger partial charge on any atom is -0.497 e. The lowest BCUT2D eigenvalue weighted by Crippen LogP contribution is -2.26. The van der Waals surface area contributed by atoms with Gasteiger partial charge in [0.1, 0.15) is 5.75 Å². The molecule has 1 saturated heterocycles. The van der Waals surface area contributed by atoms with Gasteiger partial charge in [-0.2, -0.15) is 0 Å². The number of hydrogen-bond acceptors (Lipinski definition) is 3. The molecular weight excluding hydrogens is 234 g/mol. The SMILES string of the molecule is COc1ccc([C@@H]2[C@@H](C(=O)O)CC(=O)N2C)cc1. The van der Waals surface area contributed by atoms with E-state index in [1.54, 1.807) is 38.4 Å². The third kappa shape index (κ3) is 2.03. The Labute approximate surface area is 105 Å². The van der Waals surface area contributed by atoms with Crippen LogP contribution in [0.4, 0.5) is 0 Å². The standard InChI is InChI=1S/C13H15NO4/c1-14-11(15)7-10(13(16)17)12(14)8-3-5-9(18-2)6-4-8/h3-6,10,12H,7H2,1-2H3,(H,16,17)/t10-,12+/m0/s1. The van der Waals surface area contributed by atoms with E-state index in [2.05, 4.69) is 0 Å². The van der Waals surface area contributed by atoms with Gasteiger partial charge < -0.3 is 14.7 Å². The molecule has 0 unspecified atom stereocenters. The summed E-state index contributed by atoms with van der Waals surface area (Å²) >= 11 is 0. The minimum atomic E-state index is -0.937. The van der Waals surface area contributed by atoms with Gasteiger partial charge in [-0.25, -0.2) is 0 Å². The Bertz CT molecular complexity index is 468. The van der Waals surface area contributed by atoms with Crippen molar-refractivity contribution in [2.75, 3.05) is 14.2 Å². The Morgan fingerprint density at radius 3 is 2.50 bits per heavy atom. The lowest BCUT2D eigenvalue weighted by molar-refractivity contribution is -0.142. The van der Waals surface area contributed by atoms with Gasteiger partial charge >= 0.3 is 5.97 Å². The van der Waals surface area contributed by atoms with Gasteiger partial charge in [-0.3, -0.25) is 9.59 Å². The van der Waals surface area contributed by atoms with Crippen molar-refractivity contribution >= 4 is 11.9 Å². The van der Waals surface area contributed by atoms with Crippen LogP contribution in [0.25, 0.3) is 0 Å². The highest BCUT2D eigenvalue weighted by Gasteiger charge is 2.42. The molecular formula is C13H15NO4. The Balaban J connectivity index is 2.33. The van der Waals surface area contributed by atoms with Crippen LogP contribution in [0.1, 0.15) is 18.0 Å². The van der Waals surface area contributed by atoms with Gasteiger partial charge in [-0.05, 0) is 17.7 Å². The lowest BCUT2D eigenvalue weighted by Gasteiger charge is -2.23. The molecule has 2 rings (SSSR count). The molecule has 1 heterocycles. The molecule has 0 radical (unpaired) electrons. The number of carbonyl (C=O) groups excluding carboxylic acids is 1. The predicted octanol–water partition coefficient (Wildman–Crippen LogP) is 1.30. The first kappa shape index (κ1) is 12.4. The lowest BCUT2D eigenvalue weighted by atomic mass is 9.94. The van der Waals surface area contributed by atoms with E-state index in [0.717, 1.165) is 5.56 Å². The van der Waals surface area contributed by atoms with Crippen LogP contribution in [0, 0.1) is 5.92 Å². The number of amides is 1. The fraction of sp³-hybridized carbons (Fsp3) is 0.385. The Morgan fingerprint density at radius 1 is 1.39 bits per heavy atom. The van der Waals surface area contributed by atoms with Crippen molar-refractivity contribution in [2.45, 2.75) is 12.5 Å². The van der Waals surface area contributed by atoms with Crippen LogP contribution in [0.5, 0.6) is 5.75 Å². The number of likely N-dealkylation sites (tertiary alicyclic amines) is 1. The second-order valence-electron chi connectivity index (χ2n) is 4.37. The molecule has 0 saturated carbocycles. The summed E-state index contributed by atoms with van der Waals surface area (Å²) < 4.78 is 5.06. The van der Waals surface area contributed by atoms with Crippen molar-refractivity contribution in [3.05, 3.63) is 29.8 Å². The highest BCUT2D eigenvalue weighted by atomic mass is 16.5. The van der Waals surface area contributed by atoms with Crippen LogP contribution < -0.4 is 4.74 Å². The summed E-state index contributed by atoms with van der Waals surface area (Å²) in [6, 6.07) is 6.74. The second-order valence-corrected chi connectivity index (χ2v) is 4.37. The van der Waals surface area contributed by atoms with Crippen molar-refractivity contribution in [1.29, 1.82) is 0 Å². The Morgan fingerprint density at radius 2 is 2.00 bits per heavy atom. The second kappa shape index (κ2) is 4.68. The van der Waals surface area contributed by atoms with Gasteiger partial charge in [-0.1, -0.05) is 12.1 Å². The van der Waals surface area contributed by atoms with E-state index in [0.29, 0.717) is 5.75 Å². The number of carbonyl (C=O) groups is 2. The van der Waals surface area contributed by atoms with Crippen molar-refractivity contribution < 1.29 is 19.4 Å². The summed E-state index contributed by atoms with van der Waals surface area (Å²) in [6.07, 6.45) is 0.0581. The maximum absolute atomic E-state index is 11.6. The van der Waals surface area contributed by atoms with Gasteiger partial charge in [0, 0.05) is 13.5 Å². The zero-order valence-corrected chi connectivity index (χ0v) is 10.3. The van der Waals surface area contributed by atoms with Crippen molar-refractivity contribution in [3.8, 4) is 5.75 Å². The number of carboxylic acid groups (broad SMARTS) is 1. The van der Waals surface area contributed by atoms with Crippen LogP contribution in [-0.4, -0.2) is 36.0 Å². The molecule has 0 aromatic heterocycles. The smallest absolute Gasteiger partial charge is 0.309 e. The number of hydrogen-bond donors (Lipinski definition) is 1. The fourth-order valence-electron chi connectivity index (χ4n) is 2.35. The van der Waals surface area contributed by atoms with E-state index in [-0.39, 0.29) is 12.3 Å². The van der Waals surface area contributed by atoms with Gasteiger partial charge in [0.2, 0.25) is 5.91 Å². The average molecular weight is 249 g/mol. The molecule has 1 aliphatic rings. The first-order valence-corrected chi connectivity index (χ1v) is 5.67. The number of nitrogens with zero attached hydrogens (tertiary/aromatic N) is 1. The molecule has 96 valence electrons. The molecule has 1 amide bonds. The van der Waals surface area contributed by atoms with E-state index in [1.807, 2.05) is 0 Å². The van der Waals surface area contributed by atoms with Crippen LogP contribution in [0.15, 0.2) is 24.3 Å². The van der Waals surface area contributed by atoms with Crippen molar-refractivity contribution in [1.82, 2.24) is 4.90 Å². The summed E-state index contributed by atoms with van der Waals surface area (Å²) in [5.74, 6) is -1.05. The molecule has 5 heteroatoms. The Kier molecular flexibility index (Phi) is 3.23. The van der Waals surface area contributed by atoms with Crippen LogP contribution in [-0.2, 0) is 9.59 Å². The van der Waals surface area contributed by atoms with Gasteiger partial charge in [0.25, 0.3) is 0 Å². The van der Waals surface area contributed by atoms with E-state index in [1.165, 1.54) is 4.90 Å². The summed E-state index contributed by atoms with van der Waals surface area (Å²) in [5, 5.41) is 9.18. The zero-order valence-electron chi connectivity index (χ0n) is 10.3. The van der Waals surface area contributed by atoms with E-state index < -0.39 is 17.9 Å². The first-order valence-electron chi connectivity index (χ1n) is 5.67. The maximum atomic E-state index is 11.6. The number of rotatable bonds is 3. The number of carboxylic acids is 1. The Hall–Kier alpha value is -2.04. The number of ether oxygens (including phenoxy) is 1. The minimum absolute atomic E-state index is 0.0581. The maximum Gasteiger partial charge on any atom is 0.309 e. The molecule has 2 atom stereocenters. The summed E-state index contributed by atoms with van der Waals surface area (Å²) in [4.78, 5) is 24.3. The van der Waals surface area contributed by atoms with E-state index in [4.69, 9.17) is 4.74 Å². The third-order valence-corrected chi connectivity index (χ3v) is 3.36. The molecule has 0 spiro atoms. The van der Waals surface area contributed by atoms with Gasteiger partial charge in [-0.15, -0.1) is 0 Å². The highest BCUT2D eigenvalue weighted by molar-refractivity contribution is 5.87. The molecule has 18 heavy (non-hydrogen) atoms. The third-order valence-electron chi connectivity index (χ3n) is 3.36. The molecule has 0 aliphatic carbocycles. The quantitative estimate of drug-likeness (QED) is 0.876. The molecule has 1 aromatic rings. The van der Waals surface area contributed by atoms with E-state index in [9.17, 15) is 14.7 Å². The van der Waals surface area contributed by atoms with Gasteiger partial charge in [0.05, 0.1) is 19.1 Å². The normalized spacial score (nSPS) is 23.2. The number of aliphatic carboxylic acids is 1. The average Bonchev–Trinajstić information content (AvgIpc) is 2.66. The fourth-order valence-corrected chi connectivity index (χ4v) is 2.35. The largest absolute Gasteiger partial charge is 0.497 e. The number of benzene rings is 1. The van der Waals surface area contributed by atoms with Crippen molar-refractivity contribution in [3.63, 3.8) is 0 Å². The molecule has 5 nitrogen and oxygen atoms in total. The van der Waals surface area contributed by atoms with Crippen molar-refractivity contribution in [2.24, 2.45) is 5.92 Å². The van der Waals surface area contributed by atoms with Crippen LogP contribution in [0.3, 0.4) is 0 Å². The summed E-state index contributed by atoms with van der Waals surface area (Å²) in [6.45, 7) is 0. The topological polar surface area (TPSA) is 66.8 Å². The molecule has 1 aliphatic heterocycles. The van der Waals surface area contributed by atoms with E-state index >= 15 is 0 Å². The molecule has 0 bridgehead atoms.